The quantitative estimate of drug-likeness (QED) is 0.546. The second-order valence-corrected chi connectivity index (χ2v) is 8.21. The van der Waals surface area contributed by atoms with Crippen molar-refractivity contribution in [3.05, 3.63) is 65.6 Å². The summed E-state index contributed by atoms with van der Waals surface area (Å²) in [6, 6.07) is 7.64. The van der Waals surface area contributed by atoms with E-state index in [-0.39, 0.29) is 23.0 Å². The molecule has 29 heavy (non-hydrogen) atoms. The molecule has 0 unspecified atom stereocenters. The van der Waals surface area contributed by atoms with E-state index < -0.39 is 27.0 Å². The average molecular weight is 421 g/mol. The summed E-state index contributed by atoms with van der Waals surface area (Å²) in [6.45, 7) is 0. The summed E-state index contributed by atoms with van der Waals surface area (Å²) in [5.74, 6) is 1.91. The molecule has 0 aliphatic rings. The molecule has 0 spiro atoms. The maximum absolute atomic E-state index is 14.3. The van der Waals surface area contributed by atoms with Crippen LogP contribution in [0.5, 0.6) is 5.75 Å². The topological polar surface area (TPSA) is 99.1 Å². The van der Waals surface area contributed by atoms with E-state index in [1.807, 2.05) is 0 Å². The van der Waals surface area contributed by atoms with E-state index in [9.17, 15) is 13.2 Å². The second-order valence-electron chi connectivity index (χ2n) is 6.16. The van der Waals surface area contributed by atoms with Crippen molar-refractivity contribution in [1.29, 1.82) is 0 Å². The first kappa shape index (κ1) is 20.6. The van der Waals surface area contributed by atoms with Crippen LogP contribution in [0.25, 0.3) is 11.3 Å². The van der Waals surface area contributed by atoms with E-state index in [2.05, 4.69) is 21.2 Å². The molecule has 3 aromatic rings. The minimum absolute atomic E-state index is 0.00180. The lowest BCUT2D eigenvalue weighted by molar-refractivity contribution is 0.412. The number of methoxy groups -OCH3 is 1. The third-order valence-corrected chi connectivity index (χ3v) is 4.41. The average Bonchev–Trinajstić information content (AvgIpc) is 2.61. The van der Waals surface area contributed by atoms with Crippen molar-refractivity contribution in [2.24, 2.45) is 10.3 Å². The Labute approximate surface area is 166 Å². The number of nitrogens with zero attached hydrogens (tertiary/aromatic N) is 2. The highest BCUT2D eigenvalue weighted by molar-refractivity contribution is 8.25. The Morgan fingerprint density at radius 3 is 2.55 bits per heavy atom. The van der Waals surface area contributed by atoms with Gasteiger partial charge in [-0.1, -0.05) is 5.87 Å². The molecule has 0 saturated heterocycles. The Morgan fingerprint density at radius 1 is 1.10 bits per heavy atom. The van der Waals surface area contributed by atoms with Gasteiger partial charge in [0.2, 0.25) is 5.95 Å². The summed E-state index contributed by atoms with van der Waals surface area (Å²) in [6.07, 6.45) is 0.949. The van der Waals surface area contributed by atoms with Crippen molar-refractivity contribution < 1.29 is 17.9 Å². The molecular formula is C19H18F3N5OS. The Kier molecular flexibility index (Phi) is 5.78. The predicted molar refractivity (Wildman–Crippen MR) is 112 cm³/mol. The number of ether oxygens (including phenoxy) is 1. The van der Waals surface area contributed by atoms with Crippen molar-refractivity contribution in [2.75, 3.05) is 12.4 Å². The van der Waals surface area contributed by atoms with Crippen molar-refractivity contribution >= 4 is 32.5 Å². The lowest BCUT2D eigenvalue weighted by Crippen LogP contribution is -2.06. The first-order chi connectivity index (χ1) is 13.6. The molecule has 0 aliphatic heterocycles. The number of benzene rings is 2. The fourth-order valence-electron chi connectivity index (χ4n) is 2.61. The molecule has 0 amide bonds. The molecule has 5 N–H and O–H groups in total. The van der Waals surface area contributed by atoms with Gasteiger partial charge in [-0.3, -0.25) is 10.3 Å². The lowest BCUT2D eigenvalue weighted by atomic mass is 10.1. The Morgan fingerprint density at radius 2 is 1.86 bits per heavy atom. The summed E-state index contributed by atoms with van der Waals surface area (Å²) < 4.78 is 46.8. The fourth-order valence-corrected chi connectivity index (χ4v) is 3.25. The van der Waals surface area contributed by atoms with Gasteiger partial charge in [0.1, 0.15) is 23.1 Å². The number of nitrogens with one attached hydrogen (secondary N) is 1. The maximum atomic E-state index is 14.3. The summed E-state index contributed by atoms with van der Waals surface area (Å²) >= 11 is 0. The van der Waals surface area contributed by atoms with E-state index >= 15 is 0 Å². The number of aromatic nitrogens is 2. The maximum Gasteiger partial charge on any atom is 0.227 e. The summed E-state index contributed by atoms with van der Waals surface area (Å²) in [7, 11) is -0.904. The largest absolute Gasteiger partial charge is 0.496 e. The normalized spacial score (nSPS) is 11.2. The Hall–Kier alpha value is -3.08. The molecule has 152 valence electrons. The van der Waals surface area contributed by atoms with Crippen LogP contribution in [0.3, 0.4) is 0 Å². The van der Waals surface area contributed by atoms with Crippen molar-refractivity contribution in [3.8, 4) is 17.0 Å². The first-order valence-electron chi connectivity index (χ1n) is 8.15. The van der Waals surface area contributed by atoms with Crippen molar-refractivity contribution in [3.63, 3.8) is 0 Å². The summed E-state index contributed by atoms with van der Waals surface area (Å²) in [4.78, 5) is 7.99. The van der Waals surface area contributed by atoms with E-state index in [1.165, 1.54) is 30.7 Å². The molecule has 1 aromatic heterocycles. The molecule has 0 bridgehead atoms. The zero-order valence-electron chi connectivity index (χ0n) is 15.3. The molecule has 0 aliphatic carbocycles. The van der Waals surface area contributed by atoms with Gasteiger partial charge in [0.05, 0.1) is 13.3 Å². The van der Waals surface area contributed by atoms with E-state index in [4.69, 9.17) is 15.0 Å². The van der Waals surface area contributed by atoms with Gasteiger partial charge in [-0.2, -0.15) is 0 Å². The number of nitrogens with two attached hydrogens (primary N) is 2. The van der Waals surface area contributed by atoms with Crippen molar-refractivity contribution in [1.82, 2.24) is 9.97 Å². The number of halogens is 3. The van der Waals surface area contributed by atoms with Gasteiger partial charge in [0.15, 0.2) is 5.82 Å². The molecule has 0 saturated carbocycles. The van der Waals surface area contributed by atoms with Crippen LogP contribution >= 0.6 is 9.58 Å². The monoisotopic (exact) mass is 421 g/mol. The van der Waals surface area contributed by atoms with Crippen molar-refractivity contribution in [2.45, 2.75) is 0 Å². The SMILES string of the molecule is C=S(N)(N)=Cc1cc(F)cc(Nc2ncc(F)c(-c3ccc(F)cc3OC)n2)c1. The number of hydrogen-bond donors (Lipinski definition) is 3. The molecule has 0 fully saturated rings. The first-order valence-corrected chi connectivity index (χ1v) is 10.1. The van der Waals surface area contributed by atoms with Gasteiger partial charge in [-0.15, -0.1) is 9.58 Å². The van der Waals surface area contributed by atoms with Crippen LogP contribution in [0.1, 0.15) is 5.56 Å². The molecule has 10 heteroatoms. The van der Waals surface area contributed by atoms with Gasteiger partial charge < -0.3 is 10.1 Å². The Balaban J connectivity index is 2.01. The summed E-state index contributed by atoms with van der Waals surface area (Å²) in [5.41, 5.74) is 0.850. The molecule has 6 nitrogen and oxygen atoms in total. The molecule has 0 radical (unpaired) electrons. The van der Waals surface area contributed by atoms with Gasteiger partial charge >= 0.3 is 0 Å². The number of anilines is 2. The van der Waals surface area contributed by atoms with Gasteiger partial charge in [-0.05, 0) is 41.3 Å². The molecule has 2 aromatic carbocycles. The van der Waals surface area contributed by atoms with Crippen LogP contribution < -0.4 is 20.3 Å². The third-order valence-electron chi connectivity index (χ3n) is 3.69. The van der Waals surface area contributed by atoms with Gasteiger partial charge in [0, 0.05) is 17.3 Å². The highest BCUT2D eigenvalue weighted by Crippen LogP contribution is 2.31. The number of rotatable bonds is 5. The lowest BCUT2D eigenvalue weighted by Gasteiger charge is -2.11. The predicted octanol–water partition coefficient (Wildman–Crippen LogP) is 3.45. The summed E-state index contributed by atoms with van der Waals surface area (Å²) in [5, 5.41) is 15.7. The van der Waals surface area contributed by atoms with Gasteiger partial charge in [-0.25, -0.2) is 23.1 Å². The second kappa shape index (κ2) is 8.11. The van der Waals surface area contributed by atoms with Crippen LogP contribution in [0.2, 0.25) is 0 Å². The highest BCUT2D eigenvalue weighted by Gasteiger charge is 2.15. The van der Waals surface area contributed by atoms with Crippen LogP contribution in [-0.4, -0.2) is 28.3 Å². The van der Waals surface area contributed by atoms with Crippen LogP contribution in [0.4, 0.5) is 24.8 Å². The van der Waals surface area contributed by atoms with E-state index in [0.29, 0.717) is 11.3 Å². The minimum Gasteiger partial charge on any atom is -0.496 e. The zero-order valence-corrected chi connectivity index (χ0v) is 16.1. The van der Waals surface area contributed by atoms with Crippen LogP contribution in [0, 0.1) is 17.5 Å². The standard InChI is InChI=1S/C19H18F3N5OS/c1-28-17-8-12(20)3-4-15(17)18-16(22)9-25-19(27-18)26-14-6-11(5-13(21)7-14)10-29(2,23)24/h3-10H,2,23-24H2,1H3,(H,25,26,27). The minimum atomic E-state index is -2.24. The molecule has 0 atom stereocenters. The smallest absolute Gasteiger partial charge is 0.227 e. The molecule has 3 rings (SSSR count). The highest BCUT2D eigenvalue weighted by atomic mass is 32.2. The zero-order chi connectivity index (χ0) is 21.2. The van der Waals surface area contributed by atoms with E-state index in [1.54, 1.807) is 6.07 Å². The molecular weight excluding hydrogens is 403 g/mol. The molecule has 1 heterocycles. The van der Waals surface area contributed by atoms with Crippen LogP contribution in [0.15, 0.2) is 42.6 Å². The van der Waals surface area contributed by atoms with Crippen LogP contribution in [-0.2, 0) is 0 Å². The van der Waals surface area contributed by atoms with E-state index in [0.717, 1.165) is 18.3 Å². The fraction of sp³-hybridized carbons (Fsp3) is 0.0526. The third kappa shape index (κ3) is 5.25. The number of hydrogen-bond acceptors (Lipinski definition) is 6. The Bertz CT molecular complexity index is 1180. The van der Waals surface area contributed by atoms with Gasteiger partial charge in [0.25, 0.3) is 0 Å².